The van der Waals surface area contributed by atoms with Crippen LogP contribution in [0.2, 0.25) is 0 Å². The van der Waals surface area contributed by atoms with Gasteiger partial charge < -0.3 is 15.5 Å². The topological polar surface area (TPSA) is 39.7 Å². The molecule has 0 spiro atoms. The SMILES string of the molecule is CN=C(NC)NC[C@@H]1CCN(c2ccccc2)C1. The van der Waals surface area contributed by atoms with E-state index in [1.54, 1.807) is 7.05 Å². The predicted octanol–water partition coefficient (Wildman–Crippen LogP) is 1.31. The fourth-order valence-electron chi connectivity index (χ4n) is 2.39. The summed E-state index contributed by atoms with van der Waals surface area (Å²) in [7, 11) is 3.68. The van der Waals surface area contributed by atoms with Gasteiger partial charge >= 0.3 is 0 Å². The van der Waals surface area contributed by atoms with Gasteiger partial charge in [0.2, 0.25) is 0 Å². The van der Waals surface area contributed by atoms with Gasteiger partial charge in [-0.15, -0.1) is 0 Å². The summed E-state index contributed by atoms with van der Waals surface area (Å²) in [4.78, 5) is 6.58. The second-order valence-corrected chi connectivity index (χ2v) is 4.64. The lowest BCUT2D eigenvalue weighted by Crippen LogP contribution is -2.38. The van der Waals surface area contributed by atoms with Crippen LogP contribution in [0.4, 0.5) is 5.69 Å². The van der Waals surface area contributed by atoms with Crippen LogP contribution in [0.15, 0.2) is 35.3 Å². The molecule has 0 amide bonds. The first-order chi connectivity index (χ1) is 8.83. The van der Waals surface area contributed by atoms with Crippen LogP contribution in [0.5, 0.6) is 0 Å². The van der Waals surface area contributed by atoms with Crippen LogP contribution in [0.1, 0.15) is 6.42 Å². The molecular formula is C14H22N4. The maximum absolute atomic E-state index is 4.13. The summed E-state index contributed by atoms with van der Waals surface area (Å²) in [6.45, 7) is 3.25. The van der Waals surface area contributed by atoms with Gasteiger partial charge in [-0.05, 0) is 24.5 Å². The average molecular weight is 246 g/mol. The lowest BCUT2D eigenvalue weighted by Gasteiger charge is -2.19. The van der Waals surface area contributed by atoms with Crippen LogP contribution in [-0.2, 0) is 0 Å². The number of anilines is 1. The Morgan fingerprint density at radius 1 is 1.39 bits per heavy atom. The molecule has 2 N–H and O–H groups in total. The van der Waals surface area contributed by atoms with Gasteiger partial charge in [0.25, 0.3) is 0 Å². The van der Waals surface area contributed by atoms with Crippen molar-refractivity contribution in [3.8, 4) is 0 Å². The summed E-state index contributed by atoms with van der Waals surface area (Å²) >= 11 is 0. The zero-order valence-electron chi connectivity index (χ0n) is 11.2. The number of aliphatic imine (C=N–C) groups is 1. The number of hydrogen-bond donors (Lipinski definition) is 2. The Morgan fingerprint density at radius 3 is 2.83 bits per heavy atom. The van der Waals surface area contributed by atoms with E-state index in [0.29, 0.717) is 5.92 Å². The molecule has 0 radical (unpaired) electrons. The third-order valence-corrected chi connectivity index (χ3v) is 3.43. The molecule has 1 aromatic rings. The van der Waals surface area contributed by atoms with Crippen molar-refractivity contribution in [1.29, 1.82) is 0 Å². The number of guanidine groups is 1. The summed E-state index contributed by atoms with van der Waals surface area (Å²) in [6.07, 6.45) is 1.24. The van der Waals surface area contributed by atoms with Gasteiger partial charge in [-0.2, -0.15) is 0 Å². The first-order valence-electron chi connectivity index (χ1n) is 6.52. The van der Waals surface area contributed by atoms with Crippen molar-refractivity contribution in [3.63, 3.8) is 0 Å². The van der Waals surface area contributed by atoms with Crippen LogP contribution in [0, 0.1) is 5.92 Å². The lowest BCUT2D eigenvalue weighted by atomic mass is 10.1. The Bertz CT molecular complexity index is 388. The molecule has 4 heteroatoms. The van der Waals surface area contributed by atoms with Gasteiger partial charge in [-0.1, -0.05) is 18.2 Å². The maximum atomic E-state index is 4.13. The number of rotatable bonds is 3. The van der Waals surface area contributed by atoms with Gasteiger partial charge in [0.05, 0.1) is 0 Å². The van der Waals surface area contributed by atoms with E-state index in [9.17, 15) is 0 Å². The van der Waals surface area contributed by atoms with Crippen LogP contribution in [0.3, 0.4) is 0 Å². The maximum Gasteiger partial charge on any atom is 0.190 e. The molecule has 2 rings (SSSR count). The third kappa shape index (κ3) is 3.15. The molecule has 98 valence electrons. The zero-order chi connectivity index (χ0) is 12.8. The van der Waals surface area contributed by atoms with E-state index in [1.807, 2.05) is 7.05 Å². The molecule has 1 aliphatic heterocycles. The number of para-hydroxylation sites is 1. The molecule has 4 nitrogen and oxygen atoms in total. The van der Waals surface area contributed by atoms with Crippen LogP contribution < -0.4 is 15.5 Å². The Balaban J connectivity index is 1.82. The first kappa shape index (κ1) is 12.7. The second-order valence-electron chi connectivity index (χ2n) is 4.64. The van der Waals surface area contributed by atoms with Gasteiger partial charge in [0.15, 0.2) is 5.96 Å². The minimum atomic E-state index is 0.690. The molecule has 18 heavy (non-hydrogen) atoms. The Kier molecular flexibility index (Phi) is 4.45. The fraction of sp³-hybridized carbons (Fsp3) is 0.500. The molecule has 1 aliphatic rings. The monoisotopic (exact) mass is 246 g/mol. The lowest BCUT2D eigenvalue weighted by molar-refractivity contribution is 0.568. The van der Waals surface area contributed by atoms with Gasteiger partial charge in [-0.3, -0.25) is 4.99 Å². The van der Waals surface area contributed by atoms with Crippen LogP contribution in [0.25, 0.3) is 0 Å². The molecular weight excluding hydrogens is 224 g/mol. The highest BCUT2D eigenvalue weighted by Crippen LogP contribution is 2.22. The van der Waals surface area contributed by atoms with Crippen molar-refractivity contribution in [2.45, 2.75) is 6.42 Å². The quantitative estimate of drug-likeness (QED) is 0.624. The molecule has 1 atom stereocenters. The standard InChI is InChI=1S/C14H22N4/c1-15-14(16-2)17-10-12-8-9-18(11-12)13-6-4-3-5-7-13/h3-7,12H,8-11H2,1-2H3,(H2,15,16,17)/t12-/m0/s1. The molecule has 1 fully saturated rings. The molecule has 0 aromatic heterocycles. The van der Waals surface area contributed by atoms with Crippen molar-refractivity contribution in [2.24, 2.45) is 10.9 Å². The van der Waals surface area contributed by atoms with Crippen molar-refractivity contribution in [3.05, 3.63) is 30.3 Å². The largest absolute Gasteiger partial charge is 0.371 e. The normalized spacial score (nSPS) is 20.0. The molecule has 0 unspecified atom stereocenters. The number of nitrogens with one attached hydrogen (secondary N) is 2. The average Bonchev–Trinajstić information content (AvgIpc) is 2.90. The number of nitrogens with zero attached hydrogens (tertiary/aromatic N) is 2. The smallest absolute Gasteiger partial charge is 0.190 e. The molecule has 0 saturated carbocycles. The van der Waals surface area contributed by atoms with E-state index < -0.39 is 0 Å². The molecule has 1 aromatic carbocycles. The third-order valence-electron chi connectivity index (χ3n) is 3.43. The highest BCUT2D eigenvalue weighted by Gasteiger charge is 2.22. The molecule has 1 heterocycles. The highest BCUT2D eigenvalue weighted by atomic mass is 15.2. The van der Waals surface area contributed by atoms with Gasteiger partial charge in [-0.25, -0.2) is 0 Å². The molecule has 1 saturated heterocycles. The summed E-state index contributed by atoms with van der Waals surface area (Å²) in [5.74, 6) is 1.56. The summed E-state index contributed by atoms with van der Waals surface area (Å²) in [5, 5.41) is 6.39. The van der Waals surface area contributed by atoms with E-state index in [-0.39, 0.29) is 0 Å². The van der Waals surface area contributed by atoms with E-state index in [1.165, 1.54) is 12.1 Å². The second kappa shape index (κ2) is 6.28. The van der Waals surface area contributed by atoms with Crippen LogP contribution in [-0.4, -0.2) is 39.7 Å². The number of hydrogen-bond acceptors (Lipinski definition) is 2. The van der Waals surface area contributed by atoms with Gasteiger partial charge in [0, 0.05) is 39.4 Å². The van der Waals surface area contributed by atoms with E-state index in [0.717, 1.165) is 25.6 Å². The fourth-order valence-corrected chi connectivity index (χ4v) is 2.39. The van der Waals surface area contributed by atoms with E-state index >= 15 is 0 Å². The minimum Gasteiger partial charge on any atom is -0.371 e. The summed E-state index contributed by atoms with van der Waals surface area (Å²) in [6, 6.07) is 10.6. The highest BCUT2D eigenvalue weighted by molar-refractivity contribution is 5.79. The van der Waals surface area contributed by atoms with Crippen molar-refractivity contribution in [2.75, 3.05) is 38.6 Å². The Labute approximate surface area is 109 Å². The Morgan fingerprint density at radius 2 is 2.17 bits per heavy atom. The van der Waals surface area contributed by atoms with E-state index in [2.05, 4.69) is 50.9 Å². The predicted molar refractivity (Wildman–Crippen MR) is 77.2 cm³/mol. The van der Waals surface area contributed by atoms with Crippen molar-refractivity contribution < 1.29 is 0 Å². The van der Waals surface area contributed by atoms with Crippen LogP contribution >= 0.6 is 0 Å². The first-order valence-corrected chi connectivity index (χ1v) is 6.52. The minimum absolute atomic E-state index is 0.690. The number of benzene rings is 1. The summed E-state index contributed by atoms with van der Waals surface area (Å²) < 4.78 is 0. The Hall–Kier alpha value is -1.71. The van der Waals surface area contributed by atoms with Crippen molar-refractivity contribution in [1.82, 2.24) is 10.6 Å². The molecule has 0 aliphatic carbocycles. The molecule has 0 bridgehead atoms. The van der Waals surface area contributed by atoms with E-state index in [4.69, 9.17) is 0 Å². The van der Waals surface area contributed by atoms with Crippen molar-refractivity contribution >= 4 is 11.6 Å². The van der Waals surface area contributed by atoms with Gasteiger partial charge in [0.1, 0.15) is 0 Å². The zero-order valence-corrected chi connectivity index (χ0v) is 11.2. The summed E-state index contributed by atoms with van der Waals surface area (Å²) in [5.41, 5.74) is 1.33.